The average molecular weight is 591 g/mol. The molecule has 186 valence electrons. The smallest absolute Gasteiger partial charge is 0.272 e. The molecule has 1 N–H and O–H groups in total. The van der Waals surface area contributed by atoms with Crippen LogP contribution in [-0.4, -0.2) is 20.9 Å². The SMILES string of the molecule is O=C(Cc1cc(F)cc([N+](=O)[O-])c1)c1cc(NC(=O)[C@H]2[C@H](c3cc(Cl)cc(Cl)c3)C2(Cl)Cl)ccc1Cl. The van der Waals surface area contributed by atoms with Crippen LogP contribution in [0.5, 0.6) is 0 Å². The van der Waals surface area contributed by atoms with Gasteiger partial charge in [-0.1, -0.05) is 34.8 Å². The van der Waals surface area contributed by atoms with Crippen LogP contribution in [0.25, 0.3) is 0 Å². The van der Waals surface area contributed by atoms with Gasteiger partial charge < -0.3 is 5.32 Å². The molecule has 12 heteroatoms. The van der Waals surface area contributed by atoms with E-state index in [1.807, 2.05) is 0 Å². The summed E-state index contributed by atoms with van der Waals surface area (Å²) < 4.78 is 12.4. The predicted molar refractivity (Wildman–Crippen MR) is 138 cm³/mol. The van der Waals surface area contributed by atoms with Crippen LogP contribution in [0.1, 0.15) is 27.4 Å². The van der Waals surface area contributed by atoms with Crippen LogP contribution >= 0.6 is 58.0 Å². The Balaban J connectivity index is 1.52. The lowest BCUT2D eigenvalue weighted by atomic mass is 10.0. The van der Waals surface area contributed by atoms with E-state index in [2.05, 4.69) is 5.32 Å². The molecule has 0 radical (unpaired) electrons. The number of non-ortho nitro benzene ring substituents is 1. The van der Waals surface area contributed by atoms with E-state index in [1.165, 1.54) is 18.2 Å². The van der Waals surface area contributed by atoms with E-state index in [0.717, 1.165) is 18.2 Å². The number of nitro benzene ring substituents is 1. The van der Waals surface area contributed by atoms with Crippen LogP contribution in [0.15, 0.2) is 54.6 Å². The molecule has 0 saturated heterocycles. The number of nitrogens with one attached hydrogen (secondary N) is 1. The number of Topliss-reactive ketones (excluding diaryl/α,β-unsaturated/α-hetero) is 1. The van der Waals surface area contributed by atoms with Crippen molar-refractivity contribution in [3.05, 3.63) is 102 Å². The summed E-state index contributed by atoms with van der Waals surface area (Å²) in [4.78, 5) is 36.1. The molecule has 0 aromatic heterocycles. The number of carbonyl (C=O) groups is 2. The summed E-state index contributed by atoms with van der Waals surface area (Å²) >= 11 is 31.1. The van der Waals surface area contributed by atoms with E-state index in [-0.39, 0.29) is 28.3 Å². The Morgan fingerprint density at radius 2 is 1.67 bits per heavy atom. The first kappa shape index (κ1) is 26.6. The van der Waals surface area contributed by atoms with Gasteiger partial charge in [0.05, 0.1) is 21.9 Å². The first-order chi connectivity index (χ1) is 16.9. The molecule has 0 bridgehead atoms. The van der Waals surface area contributed by atoms with Gasteiger partial charge in [-0.3, -0.25) is 19.7 Å². The second-order valence-corrected chi connectivity index (χ2v) is 10.9. The summed E-state index contributed by atoms with van der Waals surface area (Å²) in [7, 11) is 0. The fourth-order valence-electron chi connectivity index (χ4n) is 3.98. The first-order valence-electron chi connectivity index (χ1n) is 10.3. The highest BCUT2D eigenvalue weighted by molar-refractivity contribution is 6.53. The zero-order chi connectivity index (χ0) is 26.4. The third-order valence-corrected chi connectivity index (χ3v) is 7.34. The van der Waals surface area contributed by atoms with Crippen molar-refractivity contribution in [3.63, 3.8) is 0 Å². The average Bonchev–Trinajstić information content (AvgIpc) is 3.36. The van der Waals surface area contributed by atoms with Crippen molar-refractivity contribution in [1.82, 2.24) is 0 Å². The van der Waals surface area contributed by atoms with Crippen molar-refractivity contribution < 1.29 is 18.9 Å². The third-order valence-electron chi connectivity index (χ3n) is 5.63. The molecular formula is C24H14Cl5FN2O4. The topological polar surface area (TPSA) is 89.3 Å². The summed E-state index contributed by atoms with van der Waals surface area (Å²) in [6.07, 6.45) is -0.345. The summed E-state index contributed by atoms with van der Waals surface area (Å²) in [5, 5.41) is 14.5. The van der Waals surface area contributed by atoms with Crippen LogP contribution in [0.4, 0.5) is 15.8 Å². The molecular weight excluding hydrogens is 577 g/mol. The highest BCUT2D eigenvalue weighted by Crippen LogP contribution is 2.65. The lowest BCUT2D eigenvalue weighted by Gasteiger charge is -2.09. The molecule has 4 rings (SSSR count). The molecule has 1 aliphatic carbocycles. The van der Waals surface area contributed by atoms with Crippen LogP contribution in [0.3, 0.4) is 0 Å². The molecule has 1 saturated carbocycles. The fourth-order valence-corrected chi connectivity index (χ4v) is 5.57. The van der Waals surface area contributed by atoms with Crippen LogP contribution in [-0.2, 0) is 11.2 Å². The Hall–Kier alpha value is -2.42. The minimum Gasteiger partial charge on any atom is -0.326 e. The van der Waals surface area contributed by atoms with E-state index >= 15 is 0 Å². The number of anilines is 1. The summed E-state index contributed by atoms with van der Waals surface area (Å²) in [5.74, 6) is -3.25. The number of nitro groups is 1. The standard InChI is InChI=1S/C24H14Cl5FN2O4/c25-13-6-12(7-14(26)8-13)21-22(24(21,28)29)23(34)31-16-1-2-19(27)18(10-16)20(33)5-11-3-15(30)9-17(4-11)32(35)36/h1-4,6-10,21-22H,5H2,(H,31,34)/t21-,22+/m0/s1. The largest absolute Gasteiger partial charge is 0.326 e. The van der Waals surface area contributed by atoms with Gasteiger partial charge in [-0.05, 0) is 53.6 Å². The number of benzene rings is 3. The highest BCUT2D eigenvalue weighted by Gasteiger charge is 2.67. The molecule has 6 nitrogen and oxygen atoms in total. The molecule has 0 heterocycles. The Morgan fingerprint density at radius 3 is 2.31 bits per heavy atom. The number of rotatable bonds is 7. The van der Waals surface area contributed by atoms with Crippen molar-refractivity contribution in [3.8, 4) is 0 Å². The molecule has 2 atom stereocenters. The number of ketones is 1. The molecule has 0 aliphatic heterocycles. The number of nitrogens with zero attached hydrogens (tertiary/aromatic N) is 1. The van der Waals surface area contributed by atoms with Gasteiger partial charge in [-0.25, -0.2) is 4.39 Å². The van der Waals surface area contributed by atoms with E-state index in [4.69, 9.17) is 58.0 Å². The second kappa shape index (κ2) is 10.1. The number of hydrogen-bond acceptors (Lipinski definition) is 4. The van der Waals surface area contributed by atoms with Crippen molar-refractivity contribution in [2.75, 3.05) is 5.32 Å². The van der Waals surface area contributed by atoms with Crippen molar-refractivity contribution in [2.45, 2.75) is 16.7 Å². The minimum atomic E-state index is -1.39. The summed E-state index contributed by atoms with van der Waals surface area (Å²) in [6, 6.07) is 11.9. The maximum Gasteiger partial charge on any atom is 0.272 e. The van der Waals surface area contributed by atoms with E-state index < -0.39 is 44.3 Å². The van der Waals surface area contributed by atoms with Gasteiger partial charge >= 0.3 is 0 Å². The van der Waals surface area contributed by atoms with E-state index in [9.17, 15) is 24.1 Å². The molecule has 3 aromatic carbocycles. The monoisotopic (exact) mass is 588 g/mol. The number of hydrogen-bond donors (Lipinski definition) is 1. The maximum atomic E-state index is 13.7. The van der Waals surface area contributed by atoms with Gasteiger partial charge in [0.2, 0.25) is 5.91 Å². The third kappa shape index (κ3) is 5.61. The number of carbonyl (C=O) groups excluding carboxylic acids is 2. The van der Waals surface area contributed by atoms with Gasteiger partial charge in [0.15, 0.2) is 5.78 Å². The quantitative estimate of drug-likeness (QED) is 0.133. The number of halogens is 6. The summed E-state index contributed by atoms with van der Waals surface area (Å²) in [5.41, 5.74) is 0.520. The number of alkyl halides is 2. The maximum absolute atomic E-state index is 13.7. The molecule has 0 unspecified atom stereocenters. The van der Waals surface area contributed by atoms with Gasteiger partial charge in [-0.15, -0.1) is 23.2 Å². The minimum absolute atomic E-state index is 0.0401. The predicted octanol–water partition coefficient (Wildman–Crippen LogP) is 7.65. The van der Waals surface area contributed by atoms with Gasteiger partial charge in [0.25, 0.3) is 5.69 Å². The lowest BCUT2D eigenvalue weighted by molar-refractivity contribution is -0.385. The van der Waals surface area contributed by atoms with Gasteiger partial charge in [-0.2, -0.15) is 0 Å². The lowest BCUT2D eigenvalue weighted by Crippen LogP contribution is -2.17. The molecule has 1 amide bonds. The van der Waals surface area contributed by atoms with E-state index in [0.29, 0.717) is 15.6 Å². The molecule has 36 heavy (non-hydrogen) atoms. The molecule has 1 aliphatic rings. The Labute approximate surface area is 229 Å². The molecule has 0 spiro atoms. The molecule has 1 fully saturated rings. The zero-order valence-corrected chi connectivity index (χ0v) is 21.7. The number of amides is 1. The van der Waals surface area contributed by atoms with Gasteiger partial charge in [0.1, 0.15) is 10.2 Å². The second-order valence-electron chi connectivity index (χ2n) is 8.19. The summed E-state index contributed by atoms with van der Waals surface area (Å²) in [6.45, 7) is 0. The normalized spacial score (nSPS) is 17.9. The fraction of sp³-hybridized carbons (Fsp3) is 0.167. The first-order valence-corrected chi connectivity index (χ1v) is 12.2. The Bertz CT molecular complexity index is 1390. The van der Waals surface area contributed by atoms with Crippen molar-refractivity contribution in [2.24, 2.45) is 5.92 Å². The molecule has 3 aromatic rings. The van der Waals surface area contributed by atoms with Crippen LogP contribution in [0.2, 0.25) is 15.1 Å². The highest BCUT2D eigenvalue weighted by atomic mass is 35.5. The Kier molecular flexibility index (Phi) is 7.51. The van der Waals surface area contributed by atoms with Crippen molar-refractivity contribution in [1.29, 1.82) is 0 Å². The van der Waals surface area contributed by atoms with E-state index in [1.54, 1.807) is 18.2 Å². The van der Waals surface area contributed by atoms with Crippen LogP contribution < -0.4 is 5.32 Å². The zero-order valence-electron chi connectivity index (χ0n) is 17.9. The van der Waals surface area contributed by atoms with Crippen LogP contribution in [0, 0.1) is 21.8 Å². The Morgan fingerprint density at radius 1 is 1.00 bits per heavy atom. The van der Waals surface area contributed by atoms with Gasteiger partial charge in [0, 0.05) is 39.7 Å². The van der Waals surface area contributed by atoms with Crippen molar-refractivity contribution >= 4 is 81.1 Å².